The highest BCUT2D eigenvalue weighted by Crippen LogP contribution is 1.89. The van der Waals surface area contributed by atoms with Crippen molar-refractivity contribution >= 4 is 5.97 Å². The number of carbonyl (C=O) groups excluding carboxylic acids is 1. The Morgan fingerprint density at radius 1 is 0.926 bits per heavy atom. The third-order valence-electron chi connectivity index (χ3n) is 3.39. The summed E-state index contributed by atoms with van der Waals surface area (Å²) in [6.07, 6.45) is 1.89. The monoisotopic (exact) mass is 385 g/mol. The van der Waals surface area contributed by atoms with Crippen LogP contribution in [0.5, 0.6) is 0 Å². The van der Waals surface area contributed by atoms with Crippen LogP contribution in [0.3, 0.4) is 0 Å². The minimum Gasteiger partial charge on any atom is -0.476 e. The number of nitrogens with zero attached hydrogens (tertiary/aromatic N) is 3. The maximum Gasteiger partial charge on any atom is 0.336 e. The topological polar surface area (TPSA) is 120 Å². The van der Waals surface area contributed by atoms with Crippen molar-refractivity contribution in [2.45, 2.75) is 26.1 Å². The van der Waals surface area contributed by atoms with Gasteiger partial charge in [0.15, 0.2) is 6.79 Å². The summed E-state index contributed by atoms with van der Waals surface area (Å²) in [7, 11) is 1.42. The van der Waals surface area contributed by atoms with Crippen molar-refractivity contribution in [3.05, 3.63) is 57.1 Å². The molecule has 0 N–H and O–H groups in total. The Kier molecular flexibility index (Phi) is 9.54. The number of methoxy groups -OCH3 is 1. The first-order valence-electron chi connectivity index (χ1n) is 8.02. The highest BCUT2D eigenvalue weighted by molar-refractivity contribution is 5.69. The van der Waals surface area contributed by atoms with Crippen molar-refractivity contribution in [2.24, 2.45) is 0 Å². The molecule has 1 rings (SSSR count). The highest BCUT2D eigenvalue weighted by atomic mass is 16.7. The van der Waals surface area contributed by atoms with Crippen LogP contribution in [-0.2, 0) is 43.4 Å². The summed E-state index contributed by atoms with van der Waals surface area (Å²) in [6.45, 7) is 6.18. The lowest BCUT2D eigenvalue weighted by atomic mass is 10.4. The van der Waals surface area contributed by atoms with Gasteiger partial charge in [0, 0.05) is 13.7 Å². The Bertz CT molecular complexity index is 820. The molecule has 150 valence electrons. The van der Waals surface area contributed by atoms with Gasteiger partial charge < -0.3 is 18.9 Å². The summed E-state index contributed by atoms with van der Waals surface area (Å²) in [5.41, 5.74) is -2.47. The molecular weight excluding hydrogens is 362 g/mol. The van der Waals surface area contributed by atoms with Crippen molar-refractivity contribution < 1.29 is 23.7 Å². The lowest BCUT2D eigenvalue weighted by molar-refractivity contribution is -0.138. The molecule has 0 aliphatic carbocycles. The third-order valence-corrected chi connectivity index (χ3v) is 3.39. The molecule has 0 saturated heterocycles. The van der Waals surface area contributed by atoms with Gasteiger partial charge in [0.05, 0.1) is 45.2 Å². The molecule has 0 bridgehead atoms. The summed E-state index contributed by atoms with van der Waals surface area (Å²) in [5, 5.41) is 0. The van der Waals surface area contributed by atoms with E-state index in [1.165, 1.54) is 13.4 Å². The molecule has 11 heteroatoms. The van der Waals surface area contributed by atoms with Gasteiger partial charge >= 0.3 is 23.0 Å². The molecule has 1 aromatic rings. The lowest BCUT2D eigenvalue weighted by Gasteiger charge is -2.13. The Hall–Kier alpha value is -2.92. The number of hydrogen-bond acceptors (Lipinski definition) is 8. The second kappa shape index (κ2) is 11.6. The predicted molar refractivity (Wildman–Crippen MR) is 94.1 cm³/mol. The van der Waals surface area contributed by atoms with E-state index < -0.39 is 23.0 Å². The van der Waals surface area contributed by atoms with E-state index in [-0.39, 0.29) is 46.1 Å². The average Bonchev–Trinajstić information content (AvgIpc) is 2.64. The number of ether oxygens (including phenoxy) is 4. The van der Waals surface area contributed by atoms with Crippen molar-refractivity contribution in [3.63, 3.8) is 0 Å². The average molecular weight is 385 g/mol. The fourth-order valence-corrected chi connectivity index (χ4v) is 2.10. The van der Waals surface area contributed by atoms with Crippen molar-refractivity contribution in [2.75, 3.05) is 27.1 Å². The van der Waals surface area contributed by atoms with Crippen LogP contribution in [-0.4, -0.2) is 46.8 Å². The zero-order valence-electron chi connectivity index (χ0n) is 15.1. The smallest absolute Gasteiger partial charge is 0.336 e. The van der Waals surface area contributed by atoms with E-state index in [0.29, 0.717) is 0 Å². The van der Waals surface area contributed by atoms with Gasteiger partial charge in [-0.1, -0.05) is 13.2 Å². The molecule has 0 spiro atoms. The van der Waals surface area contributed by atoms with Gasteiger partial charge in [-0.25, -0.2) is 28.1 Å². The number of carbonyl (C=O) groups is 1. The molecule has 0 radical (unpaired) electrons. The molecule has 1 aromatic heterocycles. The van der Waals surface area contributed by atoms with E-state index in [1.54, 1.807) is 0 Å². The third kappa shape index (κ3) is 6.38. The van der Waals surface area contributed by atoms with E-state index in [9.17, 15) is 19.2 Å². The maximum absolute atomic E-state index is 12.5. The molecule has 11 nitrogen and oxygen atoms in total. The largest absolute Gasteiger partial charge is 0.476 e. The van der Waals surface area contributed by atoms with Crippen LogP contribution in [0.25, 0.3) is 0 Å². The molecule has 27 heavy (non-hydrogen) atoms. The number of esters is 1. The molecule has 0 fully saturated rings. The van der Waals surface area contributed by atoms with E-state index >= 15 is 0 Å². The summed E-state index contributed by atoms with van der Waals surface area (Å²) < 4.78 is 21.9. The van der Waals surface area contributed by atoms with Crippen molar-refractivity contribution in [3.8, 4) is 0 Å². The van der Waals surface area contributed by atoms with Crippen LogP contribution in [0.2, 0.25) is 0 Å². The minimum atomic E-state index is -0.849. The molecule has 0 amide bonds. The normalized spacial score (nSPS) is 10.4. The zero-order valence-corrected chi connectivity index (χ0v) is 15.1. The van der Waals surface area contributed by atoms with Gasteiger partial charge in [-0.05, 0) is 0 Å². The van der Waals surface area contributed by atoms with Crippen LogP contribution in [0.4, 0.5) is 0 Å². The Labute approximate surface area is 154 Å². The fraction of sp³-hybridized carbons (Fsp3) is 0.500. The molecule has 0 aliphatic heterocycles. The van der Waals surface area contributed by atoms with Crippen LogP contribution in [0, 0.1) is 0 Å². The molecular formula is C16H23N3O8. The molecule has 1 heterocycles. The Balaban J connectivity index is 3.17. The quantitative estimate of drug-likeness (QED) is 0.184. The second-order valence-electron chi connectivity index (χ2n) is 5.06. The predicted octanol–water partition coefficient (Wildman–Crippen LogP) is -0.971. The van der Waals surface area contributed by atoms with Crippen LogP contribution in [0.15, 0.2) is 40.1 Å². The first-order chi connectivity index (χ1) is 13.0. The summed E-state index contributed by atoms with van der Waals surface area (Å²) >= 11 is 0. The fourth-order valence-electron chi connectivity index (χ4n) is 2.10. The van der Waals surface area contributed by atoms with Crippen molar-refractivity contribution in [1.29, 1.82) is 0 Å². The van der Waals surface area contributed by atoms with E-state index in [1.807, 2.05) is 0 Å². The van der Waals surface area contributed by atoms with E-state index in [4.69, 9.17) is 14.2 Å². The Morgan fingerprint density at radius 2 is 1.48 bits per heavy atom. The Morgan fingerprint density at radius 3 is 2.00 bits per heavy atom. The zero-order chi connectivity index (χ0) is 20.2. The molecule has 0 atom stereocenters. The first kappa shape index (κ1) is 22.1. The number of rotatable bonds is 13. The summed E-state index contributed by atoms with van der Waals surface area (Å²) in [4.78, 5) is 49.0. The van der Waals surface area contributed by atoms with Crippen molar-refractivity contribution in [1.82, 2.24) is 13.7 Å². The van der Waals surface area contributed by atoms with Crippen LogP contribution < -0.4 is 17.1 Å². The minimum absolute atomic E-state index is 0.00995. The highest BCUT2D eigenvalue weighted by Gasteiger charge is 2.16. The van der Waals surface area contributed by atoms with Crippen LogP contribution >= 0.6 is 0 Å². The van der Waals surface area contributed by atoms with Gasteiger partial charge in [0.1, 0.15) is 0 Å². The van der Waals surface area contributed by atoms with E-state index in [0.717, 1.165) is 20.0 Å². The molecule has 0 aromatic carbocycles. The summed E-state index contributed by atoms with van der Waals surface area (Å²) in [6, 6.07) is 0. The molecule has 0 saturated carbocycles. The number of hydrogen-bond donors (Lipinski definition) is 0. The SMILES string of the molecule is C=COCOCCn1c(=O)n(CCOC)c(=O)n(CCC(=O)OC=C)c1=O. The maximum atomic E-state index is 12.5. The molecule has 0 unspecified atom stereocenters. The van der Waals surface area contributed by atoms with Crippen LogP contribution in [0.1, 0.15) is 6.42 Å². The van der Waals surface area contributed by atoms with Gasteiger partial charge in [-0.3, -0.25) is 4.79 Å². The first-order valence-corrected chi connectivity index (χ1v) is 8.02. The van der Waals surface area contributed by atoms with E-state index in [2.05, 4.69) is 17.9 Å². The lowest BCUT2D eigenvalue weighted by Crippen LogP contribution is -2.55. The molecule has 0 aliphatic rings. The standard InChI is InChI=1S/C16H23N3O8/c1-4-25-12-26-11-9-19-15(22)17(7-6-13(20)27-5-2)14(21)18(16(19)23)8-10-24-3/h4-5H,1-2,6-12H2,3H3. The van der Waals surface area contributed by atoms with Gasteiger partial charge in [-0.2, -0.15) is 0 Å². The number of aromatic nitrogens is 3. The van der Waals surface area contributed by atoms with Gasteiger partial charge in [-0.15, -0.1) is 0 Å². The van der Waals surface area contributed by atoms with Gasteiger partial charge in [0.2, 0.25) is 0 Å². The van der Waals surface area contributed by atoms with Gasteiger partial charge in [0.25, 0.3) is 0 Å². The summed E-state index contributed by atoms with van der Waals surface area (Å²) in [5.74, 6) is -0.664. The second-order valence-corrected chi connectivity index (χ2v) is 5.06.